The summed E-state index contributed by atoms with van der Waals surface area (Å²) < 4.78 is 1.96. The maximum absolute atomic E-state index is 12.3. The standard InChI is InChI=1S/C19H21N3O4S/c1-10-15-14(11(2)23)18(24)22(15)16(19(25)26)17(10)27-8-6-12-9-21-7-4-3-5-13(21)20-12/h3-5,7,9-11,14-15,23H,6,8H2,1-2H3,(H,25,26)/t10-,11-,14-,15-/m1/s1. The van der Waals surface area contributed by atoms with Crippen LogP contribution < -0.4 is 0 Å². The Morgan fingerprint density at radius 3 is 2.85 bits per heavy atom. The second kappa shape index (κ2) is 6.69. The van der Waals surface area contributed by atoms with Gasteiger partial charge in [-0.3, -0.25) is 4.79 Å². The van der Waals surface area contributed by atoms with Crippen LogP contribution in [0.3, 0.4) is 0 Å². The van der Waals surface area contributed by atoms with E-state index < -0.39 is 18.0 Å². The highest BCUT2D eigenvalue weighted by molar-refractivity contribution is 8.03. The minimum Gasteiger partial charge on any atom is -0.477 e. The smallest absolute Gasteiger partial charge is 0.353 e. The van der Waals surface area contributed by atoms with Crippen LogP contribution in [-0.4, -0.2) is 54.3 Å². The van der Waals surface area contributed by atoms with Crippen molar-refractivity contribution in [3.05, 3.63) is 46.9 Å². The van der Waals surface area contributed by atoms with E-state index in [0.717, 1.165) is 11.3 Å². The van der Waals surface area contributed by atoms with Crippen LogP contribution in [0.5, 0.6) is 0 Å². The summed E-state index contributed by atoms with van der Waals surface area (Å²) in [6.45, 7) is 3.52. The largest absolute Gasteiger partial charge is 0.477 e. The van der Waals surface area contributed by atoms with E-state index in [4.69, 9.17) is 0 Å². The quantitative estimate of drug-likeness (QED) is 0.734. The van der Waals surface area contributed by atoms with Crippen LogP contribution in [0.4, 0.5) is 0 Å². The number of carbonyl (C=O) groups is 2. The van der Waals surface area contributed by atoms with Gasteiger partial charge in [-0.25, -0.2) is 9.78 Å². The molecule has 1 amide bonds. The molecule has 2 aromatic heterocycles. The van der Waals surface area contributed by atoms with Gasteiger partial charge in [0.2, 0.25) is 5.91 Å². The molecule has 2 aromatic rings. The lowest BCUT2D eigenvalue weighted by molar-refractivity contribution is -0.163. The molecule has 27 heavy (non-hydrogen) atoms. The number of aliphatic hydroxyl groups is 1. The van der Waals surface area contributed by atoms with Crippen molar-refractivity contribution in [1.29, 1.82) is 0 Å². The van der Waals surface area contributed by atoms with E-state index >= 15 is 0 Å². The van der Waals surface area contributed by atoms with Crippen LogP contribution in [0.1, 0.15) is 19.5 Å². The van der Waals surface area contributed by atoms with E-state index in [1.807, 2.05) is 41.9 Å². The molecule has 8 heteroatoms. The average molecular weight is 387 g/mol. The molecule has 0 saturated carbocycles. The number of carbonyl (C=O) groups excluding carboxylic acids is 1. The van der Waals surface area contributed by atoms with Gasteiger partial charge in [0, 0.05) is 35.4 Å². The predicted molar refractivity (Wildman–Crippen MR) is 101 cm³/mol. The van der Waals surface area contributed by atoms with Gasteiger partial charge in [0.1, 0.15) is 11.3 Å². The summed E-state index contributed by atoms with van der Waals surface area (Å²) in [6, 6.07) is 5.55. The first-order valence-electron chi connectivity index (χ1n) is 8.94. The van der Waals surface area contributed by atoms with Gasteiger partial charge in [-0.1, -0.05) is 13.0 Å². The number of β-lactam (4-membered cyclic amide) rings is 1. The Bertz CT molecular complexity index is 918. The number of aromatic nitrogens is 2. The SMILES string of the molecule is C[C@@H](O)[C@H]1C(=O)N2C(C(=O)O)=C(SCCc3cn4ccccc4n3)[C@H](C)[C@H]12. The Balaban J connectivity index is 1.50. The third-order valence-electron chi connectivity index (χ3n) is 5.34. The molecule has 0 aliphatic carbocycles. The molecular weight excluding hydrogens is 366 g/mol. The first-order chi connectivity index (χ1) is 12.9. The van der Waals surface area contributed by atoms with Crippen LogP contribution in [-0.2, 0) is 16.0 Å². The molecule has 1 fully saturated rings. The van der Waals surface area contributed by atoms with Crippen molar-refractivity contribution in [1.82, 2.24) is 14.3 Å². The number of carboxylic acids is 1. The normalized spacial score (nSPS) is 25.7. The number of fused-ring (bicyclic) bond motifs is 2. The maximum atomic E-state index is 12.3. The molecule has 0 radical (unpaired) electrons. The van der Waals surface area contributed by atoms with Crippen molar-refractivity contribution < 1.29 is 19.8 Å². The van der Waals surface area contributed by atoms with Gasteiger partial charge >= 0.3 is 5.97 Å². The Labute approximate surface area is 160 Å². The molecule has 4 rings (SSSR count). The zero-order chi connectivity index (χ0) is 19.3. The van der Waals surface area contributed by atoms with Crippen molar-refractivity contribution in [2.45, 2.75) is 32.4 Å². The van der Waals surface area contributed by atoms with Crippen LogP contribution in [0.2, 0.25) is 0 Å². The number of pyridine rings is 1. The van der Waals surface area contributed by atoms with Gasteiger partial charge in [0.15, 0.2) is 0 Å². The average Bonchev–Trinajstić information content (AvgIpc) is 3.12. The summed E-state index contributed by atoms with van der Waals surface area (Å²) in [5, 5.41) is 19.5. The van der Waals surface area contributed by atoms with Crippen molar-refractivity contribution >= 4 is 29.3 Å². The molecule has 0 aromatic carbocycles. The van der Waals surface area contributed by atoms with E-state index in [2.05, 4.69) is 4.98 Å². The zero-order valence-corrected chi connectivity index (χ0v) is 15.9. The monoisotopic (exact) mass is 387 g/mol. The fourth-order valence-corrected chi connectivity index (χ4v) is 5.34. The molecule has 4 heterocycles. The fraction of sp³-hybridized carbons (Fsp3) is 0.421. The lowest BCUT2D eigenvalue weighted by Gasteiger charge is -2.46. The molecule has 7 nitrogen and oxygen atoms in total. The molecule has 1 saturated heterocycles. The number of aliphatic carboxylic acids is 1. The Morgan fingerprint density at radius 1 is 1.41 bits per heavy atom. The number of hydrogen-bond donors (Lipinski definition) is 2. The molecule has 2 N–H and O–H groups in total. The number of aryl methyl sites for hydroxylation is 1. The fourth-order valence-electron chi connectivity index (χ4n) is 4.09. The van der Waals surface area contributed by atoms with Crippen molar-refractivity contribution in [2.75, 3.05) is 5.75 Å². The van der Waals surface area contributed by atoms with E-state index in [9.17, 15) is 19.8 Å². The van der Waals surface area contributed by atoms with Gasteiger partial charge in [0.05, 0.1) is 23.8 Å². The number of thioether (sulfide) groups is 1. The third-order valence-corrected chi connectivity index (χ3v) is 6.63. The molecule has 0 spiro atoms. The topological polar surface area (TPSA) is 95.1 Å². The first kappa shape index (κ1) is 18.1. The van der Waals surface area contributed by atoms with Gasteiger partial charge in [-0.05, 0) is 19.1 Å². The first-order valence-corrected chi connectivity index (χ1v) is 9.92. The van der Waals surface area contributed by atoms with Gasteiger partial charge in [-0.2, -0.15) is 0 Å². The second-order valence-electron chi connectivity index (χ2n) is 7.07. The summed E-state index contributed by atoms with van der Waals surface area (Å²) in [5.41, 5.74) is 1.90. The molecule has 2 aliphatic rings. The van der Waals surface area contributed by atoms with Crippen LogP contribution in [0.25, 0.3) is 5.65 Å². The lowest BCUT2D eigenvalue weighted by atomic mass is 9.79. The van der Waals surface area contributed by atoms with Crippen LogP contribution in [0.15, 0.2) is 41.2 Å². The summed E-state index contributed by atoms with van der Waals surface area (Å²) in [6.07, 6.45) is 3.84. The molecular formula is C19H21N3O4S. The zero-order valence-electron chi connectivity index (χ0n) is 15.1. The van der Waals surface area contributed by atoms with Crippen LogP contribution in [0, 0.1) is 11.8 Å². The number of imidazole rings is 1. The number of amides is 1. The molecule has 0 unspecified atom stereocenters. The molecule has 4 atom stereocenters. The van der Waals surface area contributed by atoms with Crippen molar-refractivity contribution in [3.8, 4) is 0 Å². The van der Waals surface area contributed by atoms with E-state index in [-0.39, 0.29) is 23.6 Å². The Morgan fingerprint density at radius 2 is 2.19 bits per heavy atom. The van der Waals surface area contributed by atoms with Gasteiger partial charge in [0.25, 0.3) is 0 Å². The van der Waals surface area contributed by atoms with Crippen molar-refractivity contribution in [2.24, 2.45) is 11.8 Å². The highest BCUT2D eigenvalue weighted by atomic mass is 32.2. The molecule has 142 valence electrons. The van der Waals surface area contributed by atoms with E-state index in [0.29, 0.717) is 17.1 Å². The lowest BCUT2D eigenvalue weighted by Crippen LogP contribution is -2.63. The van der Waals surface area contributed by atoms with E-state index in [1.165, 1.54) is 16.7 Å². The molecule has 2 aliphatic heterocycles. The number of hydrogen-bond acceptors (Lipinski definition) is 5. The number of aliphatic hydroxyl groups excluding tert-OH is 1. The highest BCUT2D eigenvalue weighted by Gasteiger charge is 2.59. The molecule has 0 bridgehead atoms. The number of nitrogens with zero attached hydrogens (tertiary/aromatic N) is 3. The van der Waals surface area contributed by atoms with E-state index in [1.54, 1.807) is 6.92 Å². The Hall–Kier alpha value is -2.32. The summed E-state index contributed by atoms with van der Waals surface area (Å²) >= 11 is 1.47. The Kier molecular flexibility index (Phi) is 4.47. The second-order valence-corrected chi connectivity index (χ2v) is 8.21. The minimum atomic E-state index is -1.09. The van der Waals surface area contributed by atoms with Crippen molar-refractivity contribution in [3.63, 3.8) is 0 Å². The summed E-state index contributed by atoms with van der Waals surface area (Å²) in [5.74, 6) is -1.33. The third kappa shape index (κ3) is 2.83. The number of carboxylic acid groups (broad SMARTS) is 1. The van der Waals surface area contributed by atoms with Gasteiger partial charge in [-0.15, -0.1) is 11.8 Å². The van der Waals surface area contributed by atoms with Gasteiger partial charge < -0.3 is 19.5 Å². The minimum absolute atomic E-state index is 0.0781. The maximum Gasteiger partial charge on any atom is 0.353 e. The summed E-state index contributed by atoms with van der Waals surface area (Å²) in [7, 11) is 0. The van der Waals surface area contributed by atoms with Crippen LogP contribution >= 0.6 is 11.8 Å². The summed E-state index contributed by atoms with van der Waals surface area (Å²) in [4.78, 5) is 30.7. The predicted octanol–water partition coefficient (Wildman–Crippen LogP) is 1.76. The number of rotatable bonds is 6. The highest BCUT2D eigenvalue weighted by Crippen LogP contribution is 2.50.